The van der Waals surface area contributed by atoms with Crippen LogP contribution in [0.15, 0.2) is 9.59 Å². The van der Waals surface area contributed by atoms with Crippen LogP contribution in [-0.2, 0) is 14.1 Å². The summed E-state index contributed by atoms with van der Waals surface area (Å²) in [6.45, 7) is 1.75. The van der Waals surface area contributed by atoms with Gasteiger partial charge < -0.3 is 0 Å². The summed E-state index contributed by atoms with van der Waals surface area (Å²) in [5.41, 5.74) is 0.901. The van der Waals surface area contributed by atoms with E-state index in [-0.39, 0.29) is 11.2 Å². The molecule has 0 bridgehead atoms. The standard InChI is InChI=1S/C8H10N4O2/c1-4-6-5(10-9-4)7(13)12(3)8(14)11(6)2/h1-3H3,(H,9,10). The molecule has 0 saturated heterocycles. The topological polar surface area (TPSA) is 72.7 Å². The number of hydrogen-bond donors (Lipinski definition) is 1. The molecule has 74 valence electrons. The van der Waals surface area contributed by atoms with Crippen molar-refractivity contribution in [3.63, 3.8) is 0 Å². The van der Waals surface area contributed by atoms with Crippen molar-refractivity contribution in [2.24, 2.45) is 14.1 Å². The molecule has 2 aromatic rings. The second-order valence-corrected chi connectivity index (χ2v) is 3.24. The van der Waals surface area contributed by atoms with E-state index >= 15 is 0 Å². The van der Waals surface area contributed by atoms with Gasteiger partial charge in [0.25, 0.3) is 5.56 Å². The molecule has 0 radical (unpaired) electrons. The quantitative estimate of drug-likeness (QED) is 0.600. The molecule has 0 unspecified atom stereocenters. The van der Waals surface area contributed by atoms with Gasteiger partial charge in [-0.25, -0.2) is 4.79 Å². The average molecular weight is 194 g/mol. The Bertz CT molecular complexity index is 617. The van der Waals surface area contributed by atoms with Gasteiger partial charge in [-0.1, -0.05) is 0 Å². The smallest absolute Gasteiger partial charge is 0.293 e. The summed E-state index contributed by atoms with van der Waals surface area (Å²) in [6.07, 6.45) is 0. The minimum absolute atomic E-state index is 0.341. The van der Waals surface area contributed by atoms with E-state index in [0.29, 0.717) is 16.7 Å². The third kappa shape index (κ3) is 0.876. The molecule has 0 spiro atoms. The zero-order valence-corrected chi connectivity index (χ0v) is 8.16. The van der Waals surface area contributed by atoms with E-state index < -0.39 is 0 Å². The van der Waals surface area contributed by atoms with Crippen LogP contribution in [0.1, 0.15) is 5.69 Å². The molecule has 14 heavy (non-hydrogen) atoms. The molecule has 6 heteroatoms. The van der Waals surface area contributed by atoms with Crippen molar-refractivity contribution < 1.29 is 0 Å². The van der Waals surface area contributed by atoms with Crippen LogP contribution >= 0.6 is 0 Å². The molecule has 0 aliphatic carbocycles. The van der Waals surface area contributed by atoms with E-state index in [4.69, 9.17) is 0 Å². The van der Waals surface area contributed by atoms with Gasteiger partial charge in [0.05, 0.1) is 11.2 Å². The van der Waals surface area contributed by atoms with Crippen LogP contribution in [-0.4, -0.2) is 19.3 Å². The normalized spacial score (nSPS) is 11.1. The summed E-state index contributed by atoms with van der Waals surface area (Å²) < 4.78 is 2.47. The summed E-state index contributed by atoms with van der Waals surface area (Å²) in [7, 11) is 3.06. The summed E-state index contributed by atoms with van der Waals surface area (Å²) in [5, 5.41) is 6.52. The minimum atomic E-state index is -0.344. The second-order valence-electron chi connectivity index (χ2n) is 3.24. The number of hydrogen-bond acceptors (Lipinski definition) is 3. The Balaban J connectivity index is 3.22. The van der Waals surface area contributed by atoms with Crippen molar-refractivity contribution in [3.8, 4) is 0 Å². The monoisotopic (exact) mass is 194 g/mol. The molecule has 0 atom stereocenters. The number of nitrogens with one attached hydrogen (secondary N) is 1. The third-order valence-electron chi connectivity index (χ3n) is 2.34. The Morgan fingerprint density at radius 2 is 1.86 bits per heavy atom. The average Bonchev–Trinajstić information content (AvgIpc) is 2.54. The Morgan fingerprint density at radius 3 is 2.50 bits per heavy atom. The van der Waals surface area contributed by atoms with Crippen LogP contribution < -0.4 is 11.2 Å². The number of rotatable bonds is 0. The van der Waals surface area contributed by atoms with Gasteiger partial charge in [0, 0.05) is 14.1 Å². The molecule has 0 amide bonds. The van der Waals surface area contributed by atoms with E-state index in [1.54, 1.807) is 14.0 Å². The molecule has 1 N–H and O–H groups in total. The Morgan fingerprint density at radius 1 is 1.21 bits per heavy atom. The Labute approximate surface area is 78.8 Å². The van der Waals surface area contributed by atoms with Crippen LogP contribution in [0.25, 0.3) is 11.0 Å². The van der Waals surface area contributed by atoms with Gasteiger partial charge >= 0.3 is 5.69 Å². The highest BCUT2D eigenvalue weighted by Gasteiger charge is 2.12. The molecule has 0 fully saturated rings. The van der Waals surface area contributed by atoms with Gasteiger partial charge in [-0.3, -0.25) is 19.0 Å². The van der Waals surface area contributed by atoms with Crippen LogP contribution in [0, 0.1) is 6.92 Å². The zero-order valence-electron chi connectivity index (χ0n) is 8.16. The van der Waals surface area contributed by atoms with Crippen molar-refractivity contribution in [3.05, 3.63) is 26.5 Å². The van der Waals surface area contributed by atoms with Crippen molar-refractivity contribution in [2.45, 2.75) is 6.92 Å². The first-order valence-corrected chi connectivity index (χ1v) is 4.14. The van der Waals surface area contributed by atoms with E-state index in [2.05, 4.69) is 10.2 Å². The Hall–Kier alpha value is -1.85. The Kier molecular flexibility index (Phi) is 1.60. The molecule has 2 rings (SSSR count). The van der Waals surface area contributed by atoms with Crippen LogP contribution in [0.3, 0.4) is 0 Å². The highest BCUT2D eigenvalue weighted by molar-refractivity contribution is 5.75. The van der Waals surface area contributed by atoms with Gasteiger partial charge in [-0.05, 0) is 6.92 Å². The summed E-state index contributed by atoms with van der Waals surface area (Å²) in [4.78, 5) is 23.1. The van der Waals surface area contributed by atoms with Crippen LogP contribution in [0.4, 0.5) is 0 Å². The predicted octanol–water partition coefficient (Wildman–Crippen LogP) is -0.731. The molecule has 2 heterocycles. The number of aromatic amines is 1. The van der Waals surface area contributed by atoms with E-state index in [1.165, 1.54) is 11.6 Å². The molecule has 6 nitrogen and oxygen atoms in total. The number of aromatic nitrogens is 4. The highest BCUT2D eigenvalue weighted by atomic mass is 16.2. The summed E-state index contributed by atoms with van der Waals surface area (Å²) in [5.74, 6) is 0. The SMILES string of the molecule is Cc1n[nH]c2c(=O)n(C)c(=O)n(C)c12. The maximum atomic E-state index is 11.6. The molecule has 0 aliphatic heterocycles. The number of aryl methyl sites for hydroxylation is 2. The molecule has 0 aliphatic rings. The van der Waals surface area contributed by atoms with Gasteiger partial charge in [0.1, 0.15) is 5.52 Å². The fraction of sp³-hybridized carbons (Fsp3) is 0.375. The highest BCUT2D eigenvalue weighted by Crippen LogP contribution is 2.07. The van der Waals surface area contributed by atoms with Crippen molar-refractivity contribution in [1.29, 1.82) is 0 Å². The van der Waals surface area contributed by atoms with E-state index in [1.807, 2.05) is 0 Å². The first-order valence-electron chi connectivity index (χ1n) is 4.14. The first kappa shape index (κ1) is 8.74. The molecular weight excluding hydrogens is 184 g/mol. The van der Waals surface area contributed by atoms with Gasteiger partial charge in [0.15, 0.2) is 0 Å². The lowest BCUT2D eigenvalue weighted by atomic mass is 10.3. The molecular formula is C8H10N4O2. The maximum absolute atomic E-state index is 11.6. The number of nitrogens with zero attached hydrogens (tertiary/aromatic N) is 3. The number of fused-ring (bicyclic) bond motifs is 1. The maximum Gasteiger partial charge on any atom is 0.331 e. The van der Waals surface area contributed by atoms with Crippen LogP contribution in [0.5, 0.6) is 0 Å². The lowest BCUT2D eigenvalue weighted by molar-refractivity contribution is 0.712. The molecule has 2 aromatic heterocycles. The van der Waals surface area contributed by atoms with E-state index in [9.17, 15) is 9.59 Å². The molecule has 0 saturated carbocycles. The predicted molar refractivity (Wildman–Crippen MR) is 51.3 cm³/mol. The number of H-pyrrole nitrogens is 1. The summed E-state index contributed by atoms with van der Waals surface area (Å²) in [6, 6.07) is 0. The lowest BCUT2D eigenvalue weighted by Crippen LogP contribution is -2.36. The zero-order chi connectivity index (χ0) is 10.5. The fourth-order valence-corrected chi connectivity index (χ4v) is 1.56. The van der Waals surface area contributed by atoms with Crippen molar-refractivity contribution in [2.75, 3.05) is 0 Å². The summed E-state index contributed by atoms with van der Waals surface area (Å²) >= 11 is 0. The lowest BCUT2D eigenvalue weighted by Gasteiger charge is -2.02. The van der Waals surface area contributed by atoms with Gasteiger partial charge in [0.2, 0.25) is 0 Å². The second kappa shape index (κ2) is 2.57. The third-order valence-corrected chi connectivity index (χ3v) is 2.34. The van der Waals surface area contributed by atoms with Crippen LogP contribution in [0.2, 0.25) is 0 Å². The van der Waals surface area contributed by atoms with Gasteiger partial charge in [-0.2, -0.15) is 5.10 Å². The first-order chi connectivity index (χ1) is 6.54. The molecule has 0 aromatic carbocycles. The largest absolute Gasteiger partial charge is 0.331 e. The van der Waals surface area contributed by atoms with E-state index in [0.717, 1.165) is 4.57 Å². The van der Waals surface area contributed by atoms with Crippen molar-refractivity contribution in [1.82, 2.24) is 19.3 Å². The minimum Gasteiger partial charge on any atom is -0.293 e. The van der Waals surface area contributed by atoms with Gasteiger partial charge in [-0.15, -0.1) is 0 Å². The fourth-order valence-electron chi connectivity index (χ4n) is 1.56. The van der Waals surface area contributed by atoms with Crippen molar-refractivity contribution >= 4 is 11.0 Å².